The summed E-state index contributed by atoms with van der Waals surface area (Å²) in [6, 6.07) is 0. The largest absolute Gasteiger partial charge is 0.479 e. The van der Waals surface area contributed by atoms with Gasteiger partial charge in [-0.2, -0.15) is 0 Å². The van der Waals surface area contributed by atoms with Crippen LogP contribution in [0.3, 0.4) is 0 Å². The fourth-order valence-electron chi connectivity index (χ4n) is 1.81. The van der Waals surface area contributed by atoms with Crippen molar-refractivity contribution in [3.05, 3.63) is 18.1 Å². The van der Waals surface area contributed by atoms with Crippen LogP contribution >= 0.6 is 0 Å². The maximum atomic E-state index is 12.0. The smallest absolute Gasteiger partial charge is 0.243 e. The summed E-state index contributed by atoms with van der Waals surface area (Å²) in [6.45, 7) is 3.98. The number of piperazine rings is 1. The lowest BCUT2D eigenvalue weighted by Crippen LogP contribution is -2.45. The van der Waals surface area contributed by atoms with Crippen molar-refractivity contribution in [1.29, 1.82) is 0 Å². The van der Waals surface area contributed by atoms with Crippen molar-refractivity contribution < 1.29 is 9.53 Å². The highest BCUT2D eigenvalue weighted by atomic mass is 16.5. The van der Waals surface area contributed by atoms with Crippen LogP contribution < -0.4 is 10.1 Å². The molecule has 0 amide bonds. The molecule has 0 atom stereocenters. The number of rotatable bonds is 4. The average Bonchev–Trinajstić information content (AvgIpc) is 2.40. The molecule has 92 valence electrons. The van der Waals surface area contributed by atoms with E-state index in [1.54, 1.807) is 0 Å². The molecule has 1 fully saturated rings. The number of nitrogens with one attached hydrogen (secondary N) is 1. The van der Waals surface area contributed by atoms with E-state index in [2.05, 4.69) is 20.2 Å². The molecule has 1 aliphatic heterocycles. The van der Waals surface area contributed by atoms with Gasteiger partial charge >= 0.3 is 0 Å². The van der Waals surface area contributed by atoms with Gasteiger partial charge in [0.1, 0.15) is 0 Å². The highest BCUT2D eigenvalue weighted by Gasteiger charge is 2.19. The highest BCUT2D eigenvalue weighted by molar-refractivity contribution is 5.97. The normalized spacial score (nSPS) is 16.8. The van der Waals surface area contributed by atoms with Gasteiger partial charge in [-0.15, -0.1) is 0 Å². The van der Waals surface area contributed by atoms with Gasteiger partial charge in [0.25, 0.3) is 0 Å². The number of Topliss-reactive ketones (excluding diaryl/α,β-unsaturated/α-hetero) is 1. The molecule has 6 heteroatoms. The van der Waals surface area contributed by atoms with Gasteiger partial charge < -0.3 is 10.1 Å². The predicted octanol–water partition coefficient (Wildman–Crippen LogP) is -0.427. The molecule has 2 heterocycles. The van der Waals surface area contributed by atoms with Crippen LogP contribution in [-0.2, 0) is 0 Å². The molecule has 0 aliphatic carbocycles. The molecule has 1 aromatic heterocycles. The minimum Gasteiger partial charge on any atom is -0.479 e. The van der Waals surface area contributed by atoms with Crippen LogP contribution in [-0.4, -0.2) is 60.5 Å². The highest BCUT2D eigenvalue weighted by Crippen LogP contribution is 2.11. The molecule has 1 aliphatic rings. The number of ether oxygens (including phenoxy) is 1. The van der Waals surface area contributed by atoms with Gasteiger partial charge in [0, 0.05) is 38.6 Å². The molecule has 0 aromatic carbocycles. The summed E-state index contributed by atoms with van der Waals surface area (Å²) in [4.78, 5) is 22.2. The Labute approximate surface area is 100 Å². The summed E-state index contributed by atoms with van der Waals surface area (Å²) in [5, 5.41) is 3.24. The van der Waals surface area contributed by atoms with Crippen LogP contribution in [0, 0.1) is 0 Å². The van der Waals surface area contributed by atoms with Crippen molar-refractivity contribution in [2.24, 2.45) is 0 Å². The molecular weight excluding hydrogens is 220 g/mol. The van der Waals surface area contributed by atoms with E-state index in [4.69, 9.17) is 4.74 Å². The zero-order valence-corrected chi connectivity index (χ0v) is 9.85. The summed E-state index contributed by atoms with van der Waals surface area (Å²) in [5.74, 6) is 0.254. The van der Waals surface area contributed by atoms with E-state index in [0.29, 0.717) is 18.1 Å². The second-order valence-corrected chi connectivity index (χ2v) is 3.86. The summed E-state index contributed by atoms with van der Waals surface area (Å²) in [5.41, 5.74) is 0.313. The minimum atomic E-state index is -0.0446. The number of carbonyl (C=O) groups is 1. The third-order valence-electron chi connectivity index (χ3n) is 2.70. The Bertz CT molecular complexity index is 391. The van der Waals surface area contributed by atoms with Crippen LogP contribution in [0.4, 0.5) is 0 Å². The Hall–Kier alpha value is -1.53. The van der Waals surface area contributed by atoms with Crippen LogP contribution in [0.15, 0.2) is 12.4 Å². The van der Waals surface area contributed by atoms with Gasteiger partial charge in [-0.1, -0.05) is 0 Å². The maximum absolute atomic E-state index is 12.0. The summed E-state index contributed by atoms with van der Waals surface area (Å²) in [6.07, 6.45) is 3.02. The van der Waals surface area contributed by atoms with Gasteiger partial charge in [0.2, 0.25) is 11.7 Å². The number of hydrogen-bond donors (Lipinski definition) is 1. The van der Waals surface area contributed by atoms with Crippen molar-refractivity contribution >= 4 is 5.78 Å². The number of carbonyl (C=O) groups excluding carboxylic acids is 1. The SMILES string of the molecule is COc1nccnc1C(=O)CN1CCNCC1. The zero-order valence-electron chi connectivity index (χ0n) is 9.85. The Morgan fingerprint density at radius 2 is 2.12 bits per heavy atom. The van der Waals surface area contributed by atoms with Crippen molar-refractivity contribution in [3.63, 3.8) is 0 Å². The molecular formula is C11H16N4O2. The van der Waals surface area contributed by atoms with E-state index in [9.17, 15) is 4.79 Å². The van der Waals surface area contributed by atoms with E-state index < -0.39 is 0 Å². The molecule has 0 spiro atoms. The van der Waals surface area contributed by atoms with Crippen molar-refractivity contribution in [2.45, 2.75) is 0 Å². The monoisotopic (exact) mass is 236 g/mol. The molecule has 1 aromatic rings. The van der Waals surface area contributed by atoms with Gasteiger partial charge in [-0.05, 0) is 0 Å². The Kier molecular flexibility index (Phi) is 4.00. The lowest BCUT2D eigenvalue weighted by Gasteiger charge is -2.26. The molecule has 6 nitrogen and oxygen atoms in total. The van der Waals surface area contributed by atoms with E-state index in [0.717, 1.165) is 26.2 Å². The standard InChI is InChI=1S/C11H16N4O2/c1-17-11-10(13-2-3-14-11)9(16)8-15-6-4-12-5-7-15/h2-3,12H,4-8H2,1H3. The number of aromatic nitrogens is 2. The average molecular weight is 236 g/mol. The quantitative estimate of drug-likeness (QED) is 0.716. The summed E-state index contributed by atoms with van der Waals surface area (Å²) >= 11 is 0. The fourth-order valence-corrected chi connectivity index (χ4v) is 1.81. The Morgan fingerprint density at radius 3 is 2.82 bits per heavy atom. The molecule has 0 radical (unpaired) electrons. The predicted molar refractivity (Wildman–Crippen MR) is 62.2 cm³/mol. The first-order valence-corrected chi connectivity index (χ1v) is 5.62. The number of hydrogen-bond acceptors (Lipinski definition) is 6. The van der Waals surface area contributed by atoms with E-state index in [1.807, 2.05) is 0 Å². The first-order chi connectivity index (χ1) is 8.31. The van der Waals surface area contributed by atoms with Gasteiger partial charge in [0.05, 0.1) is 13.7 Å². The molecule has 0 bridgehead atoms. The van der Waals surface area contributed by atoms with Crippen LogP contribution in [0.2, 0.25) is 0 Å². The van der Waals surface area contributed by atoms with Crippen molar-refractivity contribution in [1.82, 2.24) is 20.2 Å². The minimum absolute atomic E-state index is 0.0446. The van der Waals surface area contributed by atoms with Crippen LogP contribution in [0.5, 0.6) is 5.88 Å². The maximum Gasteiger partial charge on any atom is 0.243 e. The van der Waals surface area contributed by atoms with E-state index >= 15 is 0 Å². The fraction of sp³-hybridized carbons (Fsp3) is 0.545. The second kappa shape index (κ2) is 5.70. The van der Waals surface area contributed by atoms with Crippen molar-refractivity contribution in [3.8, 4) is 5.88 Å². The lowest BCUT2D eigenvalue weighted by atomic mass is 10.2. The first kappa shape index (κ1) is 11.9. The Balaban J connectivity index is 2.03. The van der Waals surface area contributed by atoms with Crippen molar-refractivity contribution in [2.75, 3.05) is 39.8 Å². The summed E-state index contributed by atoms with van der Waals surface area (Å²) < 4.78 is 5.03. The molecule has 2 rings (SSSR count). The van der Waals surface area contributed by atoms with Gasteiger partial charge in [-0.25, -0.2) is 9.97 Å². The molecule has 0 unspecified atom stereocenters. The van der Waals surface area contributed by atoms with Crippen LogP contribution in [0.25, 0.3) is 0 Å². The summed E-state index contributed by atoms with van der Waals surface area (Å²) in [7, 11) is 1.49. The lowest BCUT2D eigenvalue weighted by molar-refractivity contribution is 0.0912. The van der Waals surface area contributed by atoms with E-state index in [-0.39, 0.29) is 5.78 Å². The van der Waals surface area contributed by atoms with Crippen LogP contribution in [0.1, 0.15) is 10.5 Å². The zero-order chi connectivity index (χ0) is 12.1. The number of methoxy groups -OCH3 is 1. The molecule has 1 saturated heterocycles. The number of nitrogens with zero attached hydrogens (tertiary/aromatic N) is 3. The second-order valence-electron chi connectivity index (χ2n) is 3.86. The van der Waals surface area contributed by atoms with Gasteiger partial charge in [-0.3, -0.25) is 9.69 Å². The van der Waals surface area contributed by atoms with Gasteiger partial charge in [0.15, 0.2) is 5.69 Å². The first-order valence-electron chi connectivity index (χ1n) is 5.62. The molecule has 0 saturated carbocycles. The third kappa shape index (κ3) is 2.98. The Morgan fingerprint density at radius 1 is 1.41 bits per heavy atom. The molecule has 17 heavy (non-hydrogen) atoms. The number of ketones is 1. The topological polar surface area (TPSA) is 67.4 Å². The molecule has 1 N–H and O–H groups in total. The van der Waals surface area contributed by atoms with E-state index in [1.165, 1.54) is 19.5 Å². The third-order valence-corrected chi connectivity index (χ3v) is 2.70.